The molecule has 1 aromatic heterocycles. The van der Waals surface area contributed by atoms with E-state index >= 15 is 0 Å². The van der Waals surface area contributed by atoms with Crippen LogP contribution in [0.2, 0.25) is 0 Å². The van der Waals surface area contributed by atoms with Gasteiger partial charge in [-0.05, 0) is 52.2 Å². The number of hydrogen-bond donors (Lipinski definition) is 2. The lowest BCUT2D eigenvalue weighted by atomic mass is 10.2. The van der Waals surface area contributed by atoms with Gasteiger partial charge in [0, 0.05) is 19.8 Å². The molecule has 2 rings (SSSR count). The van der Waals surface area contributed by atoms with Crippen LogP contribution in [0.3, 0.4) is 0 Å². The molecule has 0 amide bonds. The van der Waals surface area contributed by atoms with Crippen LogP contribution in [-0.4, -0.2) is 21.4 Å². The third-order valence-corrected chi connectivity index (χ3v) is 3.33. The van der Waals surface area contributed by atoms with Crippen LogP contribution in [0.5, 0.6) is 5.75 Å². The molecule has 2 N–H and O–H groups in total. The second-order valence-electron chi connectivity index (χ2n) is 4.23. The van der Waals surface area contributed by atoms with Crippen LogP contribution in [-0.2, 0) is 20.0 Å². The summed E-state index contributed by atoms with van der Waals surface area (Å²) in [6.07, 6.45) is 4.88. The fraction of sp³-hybridized carbons (Fsp3) is 0.308. The minimum atomic E-state index is 0.272. The van der Waals surface area contributed by atoms with Crippen molar-refractivity contribution in [2.75, 3.05) is 6.54 Å². The van der Waals surface area contributed by atoms with E-state index in [0.717, 1.165) is 29.5 Å². The number of aromatic hydroxyl groups is 1. The Labute approximate surface area is 115 Å². The summed E-state index contributed by atoms with van der Waals surface area (Å²) in [5, 5.41) is 16.9. The highest BCUT2D eigenvalue weighted by molar-refractivity contribution is 9.10. The lowest BCUT2D eigenvalue weighted by Crippen LogP contribution is -2.16. The molecule has 1 heterocycles. The molecule has 0 radical (unpaired) electrons. The van der Waals surface area contributed by atoms with Crippen molar-refractivity contribution in [2.24, 2.45) is 7.05 Å². The molecular formula is C13H16BrN3O. The van der Waals surface area contributed by atoms with Gasteiger partial charge in [0.2, 0.25) is 0 Å². The third-order valence-electron chi connectivity index (χ3n) is 2.69. The minimum Gasteiger partial charge on any atom is -0.507 e. The topological polar surface area (TPSA) is 50.1 Å². The van der Waals surface area contributed by atoms with Crippen molar-refractivity contribution in [3.8, 4) is 5.75 Å². The average molecular weight is 310 g/mol. The number of benzene rings is 1. The van der Waals surface area contributed by atoms with Gasteiger partial charge < -0.3 is 10.4 Å². The third kappa shape index (κ3) is 3.58. The maximum Gasteiger partial charge on any atom is 0.129 e. The summed E-state index contributed by atoms with van der Waals surface area (Å²) in [5.74, 6) is 0.272. The van der Waals surface area contributed by atoms with Crippen molar-refractivity contribution in [1.82, 2.24) is 15.1 Å². The van der Waals surface area contributed by atoms with Gasteiger partial charge in [-0.15, -0.1) is 0 Å². The lowest BCUT2D eigenvalue weighted by molar-refractivity contribution is 0.471. The quantitative estimate of drug-likeness (QED) is 0.833. The van der Waals surface area contributed by atoms with E-state index in [2.05, 4.69) is 26.3 Å². The first kappa shape index (κ1) is 13.1. The van der Waals surface area contributed by atoms with Crippen molar-refractivity contribution in [3.05, 3.63) is 46.2 Å². The Kier molecular flexibility index (Phi) is 4.38. The highest BCUT2D eigenvalue weighted by Crippen LogP contribution is 2.24. The Bertz CT molecular complexity index is 525. The predicted molar refractivity (Wildman–Crippen MR) is 74.4 cm³/mol. The number of hydrogen-bond acceptors (Lipinski definition) is 3. The van der Waals surface area contributed by atoms with Gasteiger partial charge in [0.25, 0.3) is 0 Å². The summed E-state index contributed by atoms with van der Waals surface area (Å²) in [4.78, 5) is 0. The zero-order valence-electron chi connectivity index (χ0n) is 10.2. The van der Waals surface area contributed by atoms with Crippen LogP contribution in [0, 0.1) is 0 Å². The van der Waals surface area contributed by atoms with Crippen molar-refractivity contribution in [2.45, 2.75) is 13.0 Å². The highest BCUT2D eigenvalue weighted by atomic mass is 79.9. The second kappa shape index (κ2) is 6.02. The number of nitrogens with one attached hydrogen (secondary N) is 1. The Balaban J connectivity index is 1.76. The Morgan fingerprint density at radius 1 is 1.39 bits per heavy atom. The van der Waals surface area contributed by atoms with Crippen LogP contribution >= 0.6 is 15.9 Å². The Hall–Kier alpha value is -1.33. The number of halogens is 1. The summed E-state index contributed by atoms with van der Waals surface area (Å²) >= 11 is 3.31. The fourth-order valence-corrected chi connectivity index (χ4v) is 2.15. The SMILES string of the molecule is Cn1cc(CCNCc2ccc(O)c(Br)c2)cn1. The summed E-state index contributed by atoms with van der Waals surface area (Å²) in [6.45, 7) is 1.70. The van der Waals surface area contributed by atoms with Crippen LogP contribution < -0.4 is 5.32 Å². The molecule has 0 aliphatic heterocycles. The first-order valence-electron chi connectivity index (χ1n) is 5.81. The zero-order valence-corrected chi connectivity index (χ0v) is 11.8. The van der Waals surface area contributed by atoms with Crippen molar-refractivity contribution in [3.63, 3.8) is 0 Å². The van der Waals surface area contributed by atoms with Gasteiger partial charge in [-0.1, -0.05) is 6.07 Å². The van der Waals surface area contributed by atoms with Crippen LogP contribution in [0.1, 0.15) is 11.1 Å². The van der Waals surface area contributed by atoms with Gasteiger partial charge in [0.05, 0.1) is 10.7 Å². The van der Waals surface area contributed by atoms with Crippen LogP contribution in [0.25, 0.3) is 0 Å². The molecule has 0 bridgehead atoms. The minimum absolute atomic E-state index is 0.272. The molecule has 18 heavy (non-hydrogen) atoms. The van der Waals surface area contributed by atoms with E-state index in [9.17, 15) is 5.11 Å². The fourth-order valence-electron chi connectivity index (χ4n) is 1.73. The van der Waals surface area contributed by atoms with E-state index in [1.807, 2.05) is 36.3 Å². The second-order valence-corrected chi connectivity index (χ2v) is 5.09. The molecule has 5 heteroatoms. The summed E-state index contributed by atoms with van der Waals surface area (Å²) in [7, 11) is 1.92. The molecule has 0 aliphatic carbocycles. The molecule has 2 aromatic rings. The average Bonchev–Trinajstić information content (AvgIpc) is 2.75. The summed E-state index contributed by atoms with van der Waals surface area (Å²) in [5.41, 5.74) is 2.38. The molecule has 1 aromatic carbocycles. The molecule has 0 aliphatic rings. The van der Waals surface area contributed by atoms with Gasteiger partial charge in [-0.2, -0.15) is 5.10 Å². The van der Waals surface area contributed by atoms with E-state index in [-0.39, 0.29) is 5.75 Å². The Morgan fingerprint density at radius 2 is 2.22 bits per heavy atom. The Morgan fingerprint density at radius 3 is 2.89 bits per heavy atom. The molecule has 4 nitrogen and oxygen atoms in total. The maximum atomic E-state index is 9.39. The number of phenols is 1. The molecular weight excluding hydrogens is 294 g/mol. The predicted octanol–water partition coefficient (Wildman–Crippen LogP) is 2.22. The monoisotopic (exact) mass is 309 g/mol. The van der Waals surface area contributed by atoms with Crippen LogP contribution in [0.15, 0.2) is 35.1 Å². The van der Waals surface area contributed by atoms with Gasteiger partial charge >= 0.3 is 0 Å². The van der Waals surface area contributed by atoms with E-state index in [1.54, 1.807) is 6.07 Å². The molecule has 0 unspecified atom stereocenters. The van der Waals surface area contributed by atoms with Gasteiger partial charge in [0.15, 0.2) is 0 Å². The summed E-state index contributed by atoms with van der Waals surface area (Å²) < 4.78 is 2.54. The highest BCUT2D eigenvalue weighted by Gasteiger charge is 2.00. The zero-order chi connectivity index (χ0) is 13.0. The van der Waals surface area contributed by atoms with Crippen molar-refractivity contribution in [1.29, 1.82) is 0 Å². The summed E-state index contributed by atoms with van der Waals surface area (Å²) in [6, 6.07) is 5.53. The van der Waals surface area contributed by atoms with Gasteiger partial charge in [-0.3, -0.25) is 4.68 Å². The van der Waals surface area contributed by atoms with E-state index < -0.39 is 0 Å². The molecule has 0 fully saturated rings. The molecule has 0 atom stereocenters. The van der Waals surface area contributed by atoms with Crippen molar-refractivity contribution < 1.29 is 5.11 Å². The number of phenolic OH excluding ortho intramolecular Hbond substituents is 1. The van der Waals surface area contributed by atoms with E-state index in [0.29, 0.717) is 0 Å². The molecule has 0 saturated carbocycles. The smallest absolute Gasteiger partial charge is 0.129 e. The van der Waals surface area contributed by atoms with Crippen LogP contribution in [0.4, 0.5) is 0 Å². The molecule has 0 saturated heterocycles. The van der Waals surface area contributed by atoms with Crippen molar-refractivity contribution >= 4 is 15.9 Å². The molecule has 96 valence electrons. The normalized spacial score (nSPS) is 10.8. The molecule has 0 spiro atoms. The standard InChI is InChI=1S/C13H16BrN3O/c1-17-9-11(8-16-17)4-5-15-7-10-2-3-13(18)12(14)6-10/h2-3,6,8-9,15,18H,4-5,7H2,1H3. The van der Waals surface area contributed by atoms with E-state index in [4.69, 9.17) is 0 Å². The lowest BCUT2D eigenvalue weighted by Gasteiger charge is -2.05. The van der Waals surface area contributed by atoms with Gasteiger partial charge in [-0.25, -0.2) is 0 Å². The number of aromatic nitrogens is 2. The van der Waals surface area contributed by atoms with Gasteiger partial charge in [0.1, 0.15) is 5.75 Å². The first-order chi connectivity index (χ1) is 8.65. The number of nitrogens with zero attached hydrogens (tertiary/aromatic N) is 2. The largest absolute Gasteiger partial charge is 0.507 e. The number of rotatable bonds is 5. The first-order valence-corrected chi connectivity index (χ1v) is 6.60. The maximum absolute atomic E-state index is 9.39. The number of aryl methyl sites for hydroxylation is 1. The van der Waals surface area contributed by atoms with E-state index in [1.165, 1.54) is 5.56 Å².